The first-order valence-electron chi connectivity index (χ1n) is 6.45. The van der Waals surface area contributed by atoms with Crippen LogP contribution in [0.3, 0.4) is 0 Å². The van der Waals surface area contributed by atoms with Crippen molar-refractivity contribution in [2.75, 3.05) is 14.2 Å². The lowest BCUT2D eigenvalue weighted by Gasteiger charge is -2.20. The second kappa shape index (κ2) is 6.18. The summed E-state index contributed by atoms with van der Waals surface area (Å²) in [6, 6.07) is 6.08. The van der Waals surface area contributed by atoms with E-state index < -0.39 is 23.5 Å². The lowest BCUT2D eigenvalue weighted by Crippen LogP contribution is -2.22. The maximum atomic E-state index is 14.3. The molecule has 0 fully saturated rings. The smallest absolute Gasteiger partial charge is 0.170 e. The van der Waals surface area contributed by atoms with Crippen LogP contribution in [0.25, 0.3) is 0 Å². The molecule has 21 heavy (non-hydrogen) atoms. The van der Waals surface area contributed by atoms with Gasteiger partial charge < -0.3 is 10.1 Å². The molecule has 1 unspecified atom stereocenters. The van der Waals surface area contributed by atoms with Gasteiger partial charge in [0, 0.05) is 11.1 Å². The van der Waals surface area contributed by atoms with Crippen molar-refractivity contribution in [2.24, 2.45) is 0 Å². The number of nitrogens with one attached hydrogen (secondary N) is 1. The minimum absolute atomic E-state index is 0.0289. The van der Waals surface area contributed by atoms with Gasteiger partial charge in [0.25, 0.3) is 0 Å². The Labute approximate surface area is 121 Å². The molecule has 1 atom stereocenters. The Bertz CT molecular complexity index is 658. The zero-order valence-corrected chi connectivity index (χ0v) is 12.0. The molecule has 0 radical (unpaired) electrons. The highest BCUT2D eigenvalue weighted by Crippen LogP contribution is 2.32. The molecule has 0 aromatic heterocycles. The summed E-state index contributed by atoms with van der Waals surface area (Å²) in [4.78, 5) is 0. The first-order valence-corrected chi connectivity index (χ1v) is 6.45. The van der Waals surface area contributed by atoms with Crippen LogP contribution in [0.2, 0.25) is 0 Å². The molecular weight excluding hydrogens is 279 g/mol. The summed E-state index contributed by atoms with van der Waals surface area (Å²) in [5, 5.41) is 2.76. The van der Waals surface area contributed by atoms with Crippen molar-refractivity contribution in [3.8, 4) is 5.75 Å². The van der Waals surface area contributed by atoms with E-state index in [1.807, 2.05) is 0 Å². The monoisotopic (exact) mass is 295 g/mol. The third-order valence-corrected chi connectivity index (χ3v) is 3.42. The Hall–Kier alpha value is -2.01. The van der Waals surface area contributed by atoms with E-state index >= 15 is 0 Å². The Morgan fingerprint density at radius 2 is 1.76 bits per heavy atom. The van der Waals surface area contributed by atoms with Gasteiger partial charge in [-0.1, -0.05) is 18.2 Å². The molecule has 2 aromatic carbocycles. The van der Waals surface area contributed by atoms with E-state index in [-0.39, 0.29) is 16.9 Å². The van der Waals surface area contributed by atoms with Gasteiger partial charge in [0.05, 0.1) is 13.2 Å². The summed E-state index contributed by atoms with van der Waals surface area (Å²) in [7, 11) is 2.86. The second-order valence-electron chi connectivity index (χ2n) is 4.68. The predicted octanol–water partition coefficient (Wildman–Crippen LogP) is 3.73. The third-order valence-electron chi connectivity index (χ3n) is 3.42. The van der Waals surface area contributed by atoms with Gasteiger partial charge in [-0.25, -0.2) is 13.2 Å². The van der Waals surface area contributed by atoms with Gasteiger partial charge >= 0.3 is 0 Å². The van der Waals surface area contributed by atoms with Crippen LogP contribution >= 0.6 is 0 Å². The van der Waals surface area contributed by atoms with Crippen LogP contribution in [0.4, 0.5) is 13.2 Å². The van der Waals surface area contributed by atoms with Crippen LogP contribution in [-0.2, 0) is 0 Å². The molecule has 2 nitrogen and oxygen atoms in total. The van der Waals surface area contributed by atoms with E-state index in [9.17, 15) is 13.2 Å². The Kier molecular flexibility index (Phi) is 4.53. The van der Waals surface area contributed by atoms with Gasteiger partial charge in [-0.3, -0.25) is 0 Å². The van der Waals surface area contributed by atoms with E-state index in [1.54, 1.807) is 6.07 Å². The van der Waals surface area contributed by atoms with Gasteiger partial charge in [0.15, 0.2) is 11.6 Å². The largest absolute Gasteiger partial charge is 0.494 e. The van der Waals surface area contributed by atoms with Crippen LogP contribution in [0, 0.1) is 24.4 Å². The van der Waals surface area contributed by atoms with Gasteiger partial charge in [-0.15, -0.1) is 0 Å². The van der Waals surface area contributed by atoms with Crippen molar-refractivity contribution >= 4 is 0 Å². The van der Waals surface area contributed by atoms with Crippen molar-refractivity contribution in [2.45, 2.75) is 13.0 Å². The summed E-state index contributed by atoms with van der Waals surface area (Å²) >= 11 is 0. The maximum absolute atomic E-state index is 14.3. The molecule has 1 N–H and O–H groups in total. The van der Waals surface area contributed by atoms with E-state index in [1.165, 1.54) is 45.3 Å². The Balaban J connectivity index is 2.63. The first kappa shape index (κ1) is 15.4. The molecule has 112 valence electrons. The highest BCUT2D eigenvalue weighted by molar-refractivity contribution is 5.40. The fourth-order valence-corrected chi connectivity index (χ4v) is 2.31. The molecule has 0 aliphatic rings. The van der Waals surface area contributed by atoms with Crippen molar-refractivity contribution in [3.05, 3.63) is 64.5 Å². The van der Waals surface area contributed by atoms with Crippen LogP contribution in [0.1, 0.15) is 22.7 Å². The quantitative estimate of drug-likeness (QED) is 0.928. The van der Waals surface area contributed by atoms with Crippen molar-refractivity contribution in [1.29, 1.82) is 0 Å². The molecule has 0 spiro atoms. The lowest BCUT2D eigenvalue weighted by atomic mass is 9.95. The number of hydrogen-bond donors (Lipinski definition) is 1. The molecule has 0 saturated heterocycles. The number of halogens is 3. The number of rotatable bonds is 4. The topological polar surface area (TPSA) is 21.3 Å². The average molecular weight is 295 g/mol. The summed E-state index contributed by atoms with van der Waals surface area (Å²) in [6.45, 7) is 1.53. The first-order chi connectivity index (χ1) is 10.0. The van der Waals surface area contributed by atoms with Crippen LogP contribution in [0.15, 0.2) is 30.3 Å². The SMILES string of the molecule is CNC(c1cccc(OC)c1F)c1c(F)ccc(C)c1F. The predicted molar refractivity (Wildman–Crippen MR) is 74.9 cm³/mol. The summed E-state index contributed by atoms with van der Waals surface area (Å²) < 4.78 is 47.6. The maximum Gasteiger partial charge on any atom is 0.170 e. The number of hydrogen-bond acceptors (Lipinski definition) is 2. The highest BCUT2D eigenvalue weighted by atomic mass is 19.1. The summed E-state index contributed by atoms with van der Waals surface area (Å²) in [5.41, 5.74) is 0.222. The zero-order valence-electron chi connectivity index (χ0n) is 12.0. The average Bonchev–Trinajstić information content (AvgIpc) is 2.48. The van der Waals surface area contributed by atoms with Crippen LogP contribution in [0.5, 0.6) is 5.75 Å². The molecule has 0 amide bonds. The summed E-state index contributed by atoms with van der Waals surface area (Å²) in [6.07, 6.45) is 0. The molecule has 2 aromatic rings. The normalized spacial score (nSPS) is 12.3. The summed E-state index contributed by atoms with van der Waals surface area (Å²) in [5.74, 6) is -2.02. The number of methoxy groups -OCH3 is 1. The molecule has 2 rings (SSSR count). The number of aryl methyl sites for hydroxylation is 1. The zero-order chi connectivity index (χ0) is 15.6. The van der Waals surface area contributed by atoms with E-state index in [0.29, 0.717) is 5.56 Å². The third kappa shape index (κ3) is 2.74. The van der Waals surface area contributed by atoms with Gasteiger partial charge in [0.1, 0.15) is 11.6 Å². The van der Waals surface area contributed by atoms with Gasteiger partial charge in [-0.05, 0) is 31.7 Å². The van der Waals surface area contributed by atoms with Crippen LogP contribution in [-0.4, -0.2) is 14.2 Å². The Morgan fingerprint density at radius 1 is 1.05 bits per heavy atom. The highest BCUT2D eigenvalue weighted by Gasteiger charge is 2.25. The van der Waals surface area contributed by atoms with Crippen LogP contribution < -0.4 is 10.1 Å². The molecule has 0 bridgehead atoms. The van der Waals surface area contributed by atoms with Gasteiger partial charge in [0.2, 0.25) is 0 Å². The Morgan fingerprint density at radius 3 is 2.38 bits per heavy atom. The van der Waals surface area contributed by atoms with E-state index in [0.717, 1.165) is 0 Å². The van der Waals surface area contributed by atoms with Crippen molar-refractivity contribution in [1.82, 2.24) is 5.32 Å². The standard InChI is InChI=1S/C16H16F3NO/c1-9-7-8-11(17)13(14(9)18)16(20-2)10-5-4-6-12(21-3)15(10)19/h4-8,16,20H,1-3H3. The fourth-order valence-electron chi connectivity index (χ4n) is 2.31. The van der Waals surface area contributed by atoms with E-state index in [4.69, 9.17) is 4.74 Å². The fraction of sp³-hybridized carbons (Fsp3) is 0.250. The molecule has 0 aliphatic carbocycles. The molecule has 0 heterocycles. The van der Waals surface area contributed by atoms with Crippen molar-refractivity contribution < 1.29 is 17.9 Å². The second-order valence-corrected chi connectivity index (χ2v) is 4.68. The van der Waals surface area contributed by atoms with Crippen molar-refractivity contribution in [3.63, 3.8) is 0 Å². The molecule has 0 aliphatic heterocycles. The number of benzene rings is 2. The number of ether oxygens (including phenoxy) is 1. The van der Waals surface area contributed by atoms with E-state index in [2.05, 4.69) is 5.32 Å². The minimum Gasteiger partial charge on any atom is -0.494 e. The molecular formula is C16H16F3NO. The van der Waals surface area contributed by atoms with Gasteiger partial charge in [-0.2, -0.15) is 0 Å². The minimum atomic E-state index is -0.944. The molecule has 0 saturated carbocycles. The lowest BCUT2D eigenvalue weighted by molar-refractivity contribution is 0.381. The molecule has 5 heteroatoms.